The van der Waals surface area contributed by atoms with Crippen molar-refractivity contribution in [2.45, 2.75) is 26.2 Å². The molecule has 4 rings (SSSR count). The van der Waals surface area contributed by atoms with E-state index in [-0.39, 0.29) is 12.4 Å². The molecule has 0 unspecified atom stereocenters. The number of nitrogens with one attached hydrogen (secondary N) is 1. The summed E-state index contributed by atoms with van der Waals surface area (Å²) in [6, 6.07) is 20.2. The van der Waals surface area contributed by atoms with Gasteiger partial charge in [-0.1, -0.05) is 55.8 Å². The summed E-state index contributed by atoms with van der Waals surface area (Å²) in [5.41, 5.74) is 11.0. The molecule has 0 saturated carbocycles. The molecule has 0 aliphatic carbocycles. The highest BCUT2D eigenvalue weighted by molar-refractivity contribution is 7.12. The van der Waals surface area contributed by atoms with Gasteiger partial charge in [0.25, 0.3) is 0 Å². The van der Waals surface area contributed by atoms with Gasteiger partial charge in [0, 0.05) is 19.5 Å². The van der Waals surface area contributed by atoms with Crippen molar-refractivity contribution >= 4 is 41.4 Å². The molecule has 2 aromatic heterocycles. The fourth-order valence-electron chi connectivity index (χ4n) is 3.72. The van der Waals surface area contributed by atoms with E-state index < -0.39 is 6.09 Å². The number of hydrogen-bond acceptors (Lipinski definition) is 4. The average Bonchev–Trinajstić information content (AvgIpc) is 3.57. The summed E-state index contributed by atoms with van der Waals surface area (Å²) >= 11 is 1.57. The third kappa shape index (κ3) is 6.96. The standard InChI is InChI=1S/C27H29N5O2S.ClH/c1-2-3-15-32(27(33)34)16-14-25-29-18-23(31-25)21-8-6-19(7-9-21)20-10-12-22(13-11-20)30-26(28)24-5-4-17-35-24;/h4-13,17-18H,2-3,14-16H2,1H3,(H2,28,30)(H,29,31)(H,33,34);1H. The minimum absolute atomic E-state index is 0. The van der Waals surface area contributed by atoms with Crippen LogP contribution in [0.15, 0.2) is 77.2 Å². The SMILES string of the molecule is CCCCN(CCc1ncc(-c2ccc(-c3ccc(N=C(N)c4cccs4)cc3)cc2)[nH]1)C(=O)O.Cl. The largest absolute Gasteiger partial charge is 0.465 e. The Morgan fingerprint density at radius 1 is 1.06 bits per heavy atom. The van der Waals surface area contributed by atoms with Gasteiger partial charge >= 0.3 is 6.09 Å². The number of hydrogen-bond donors (Lipinski definition) is 3. The van der Waals surface area contributed by atoms with Gasteiger partial charge in [0.2, 0.25) is 0 Å². The van der Waals surface area contributed by atoms with Gasteiger partial charge in [0.15, 0.2) is 0 Å². The van der Waals surface area contributed by atoms with Crippen molar-refractivity contribution in [1.82, 2.24) is 14.9 Å². The van der Waals surface area contributed by atoms with Gasteiger partial charge in [-0.2, -0.15) is 0 Å². The topological polar surface area (TPSA) is 108 Å². The van der Waals surface area contributed by atoms with Gasteiger partial charge in [-0.3, -0.25) is 0 Å². The quantitative estimate of drug-likeness (QED) is 0.161. The Morgan fingerprint density at radius 3 is 2.33 bits per heavy atom. The first-order valence-electron chi connectivity index (χ1n) is 11.6. The summed E-state index contributed by atoms with van der Waals surface area (Å²) in [5, 5.41) is 11.3. The van der Waals surface area contributed by atoms with Gasteiger partial charge in [-0.05, 0) is 46.7 Å². The van der Waals surface area contributed by atoms with Crippen molar-refractivity contribution in [2.24, 2.45) is 10.7 Å². The molecule has 0 aliphatic heterocycles. The van der Waals surface area contributed by atoms with Crippen molar-refractivity contribution in [3.8, 4) is 22.4 Å². The lowest BCUT2D eigenvalue weighted by Crippen LogP contribution is -2.32. The van der Waals surface area contributed by atoms with Crippen LogP contribution in [-0.2, 0) is 6.42 Å². The number of halogens is 1. The van der Waals surface area contributed by atoms with Gasteiger partial charge in [-0.15, -0.1) is 23.7 Å². The Hall–Kier alpha value is -3.62. The molecule has 188 valence electrons. The molecular weight excluding hydrogens is 494 g/mol. The second kappa shape index (κ2) is 12.9. The fourth-order valence-corrected chi connectivity index (χ4v) is 4.35. The highest BCUT2D eigenvalue weighted by Crippen LogP contribution is 2.26. The molecule has 0 radical (unpaired) electrons. The Bertz CT molecular complexity index is 1270. The van der Waals surface area contributed by atoms with Crippen molar-refractivity contribution in [2.75, 3.05) is 13.1 Å². The number of aromatic nitrogens is 2. The van der Waals surface area contributed by atoms with Crippen molar-refractivity contribution in [3.63, 3.8) is 0 Å². The maximum Gasteiger partial charge on any atom is 0.407 e. The van der Waals surface area contributed by atoms with Crippen molar-refractivity contribution in [1.29, 1.82) is 0 Å². The zero-order chi connectivity index (χ0) is 24.6. The molecule has 1 amide bonds. The van der Waals surface area contributed by atoms with E-state index in [1.807, 2.05) is 41.8 Å². The van der Waals surface area contributed by atoms with Crippen LogP contribution in [0.25, 0.3) is 22.4 Å². The molecule has 9 heteroatoms. The number of carboxylic acid groups (broad SMARTS) is 1. The molecule has 0 fully saturated rings. The second-order valence-electron chi connectivity index (χ2n) is 8.22. The maximum absolute atomic E-state index is 11.4. The van der Waals surface area contributed by atoms with Crippen molar-refractivity contribution in [3.05, 3.63) is 82.9 Å². The number of rotatable bonds is 10. The van der Waals surface area contributed by atoms with E-state index in [0.717, 1.165) is 51.6 Å². The summed E-state index contributed by atoms with van der Waals surface area (Å²) in [7, 11) is 0. The normalized spacial score (nSPS) is 11.2. The number of imidazole rings is 1. The first-order valence-corrected chi connectivity index (χ1v) is 12.5. The van der Waals surface area contributed by atoms with Crippen LogP contribution in [0.3, 0.4) is 0 Å². The maximum atomic E-state index is 11.4. The van der Waals surface area contributed by atoms with Crippen LogP contribution in [0.2, 0.25) is 0 Å². The fraction of sp³-hybridized carbons (Fsp3) is 0.222. The monoisotopic (exact) mass is 523 g/mol. The molecule has 2 heterocycles. The minimum Gasteiger partial charge on any atom is -0.465 e. The zero-order valence-electron chi connectivity index (χ0n) is 20.1. The first kappa shape index (κ1) is 27.0. The number of unbranched alkanes of at least 4 members (excludes halogenated alkanes) is 1. The van der Waals surface area contributed by atoms with Crippen LogP contribution in [0.5, 0.6) is 0 Å². The average molecular weight is 524 g/mol. The van der Waals surface area contributed by atoms with E-state index in [4.69, 9.17) is 5.73 Å². The number of carbonyl (C=O) groups is 1. The third-order valence-corrected chi connectivity index (χ3v) is 6.61. The smallest absolute Gasteiger partial charge is 0.407 e. The van der Waals surface area contributed by atoms with Crippen LogP contribution >= 0.6 is 23.7 Å². The molecule has 36 heavy (non-hydrogen) atoms. The molecule has 2 aromatic carbocycles. The molecular formula is C27H30ClN5O2S. The Balaban J connectivity index is 0.00000361. The summed E-state index contributed by atoms with van der Waals surface area (Å²) in [6.07, 6.45) is 3.30. The van der Waals surface area contributed by atoms with Gasteiger partial charge in [0.1, 0.15) is 11.7 Å². The number of nitrogens with two attached hydrogens (primary N) is 1. The number of amides is 1. The molecule has 4 aromatic rings. The van der Waals surface area contributed by atoms with Crippen LogP contribution in [0.4, 0.5) is 10.5 Å². The van der Waals surface area contributed by atoms with E-state index in [0.29, 0.717) is 25.3 Å². The van der Waals surface area contributed by atoms with Crippen LogP contribution in [0.1, 0.15) is 30.5 Å². The highest BCUT2D eigenvalue weighted by atomic mass is 35.5. The van der Waals surface area contributed by atoms with Gasteiger partial charge < -0.3 is 20.7 Å². The van der Waals surface area contributed by atoms with E-state index in [1.165, 1.54) is 4.90 Å². The summed E-state index contributed by atoms with van der Waals surface area (Å²) in [5.74, 6) is 1.30. The highest BCUT2D eigenvalue weighted by Gasteiger charge is 2.12. The lowest BCUT2D eigenvalue weighted by Gasteiger charge is -2.17. The van der Waals surface area contributed by atoms with E-state index in [1.54, 1.807) is 17.5 Å². The van der Waals surface area contributed by atoms with Crippen LogP contribution in [0, 0.1) is 0 Å². The minimum atomic E-state index is -0.883. The van der Waals surface area contributed by atoms with Gasteiger partial charge in [0.05, 0.1) is 22.5 Å². The van der Waals surface area contributed by atoms with E-state index in [2.05, 4.69) is 46.1 Å². The van der Waals surface area contributed by atoms with Gasteiger partial charge in [-0.25, -0.2) is 14.8 Å². The Morgan fingerprint density at radius 2 is 1.72 bits per heavy atom. The molecule has 0 saturated heterocycles. The summed E-state index contributed by atoms with van der Waals surface area (Å²) < 4.78 is 0. The zero-order valence-corrected chi connectivity index (χ0v) is 21.7. The Labute approximate surface area is 221 Å². The third-order valence-electron chi connectivity index (χ3n) is 5.72. The van der Waals surface area contributed by atoms with Crippen LogP contribution in [-0.4, -0.2) is 45.0 Å². The number of H-pyrrole nitrogens is 1. The lowest BCUT2D eigenvalue weighted by molar-refractivity contribution is 0.145. The Kier molecular flexibility index (Phi) is 9.67. The number of aliphatic imine (C=N–C) groups is 1. The number of amidine groups is 1. The van der Waals surface area contributed by atoms with Crippen LogP contribution < -0.4 is 5.73 Å². The number of benzene rings is 2. The predicted octanol–water partition coefficient (Wildman–Crippen LogP) is 6.59. The first-order chi connectivity index (χ1) is 17.0. The molecule has 7 nitrogen and oxygen atoms in total. The number of nitrogens with zero attached hydrogens (tertiary/aromatic N) is 3. The molecule has 0 spiro atoms. The number of aromatic amines is 1. The second-order valence-corrected chi connectivity index (χ2v) is 9.16. The van der Waals surface area contributed by atoms with E-state index in [9.17, 15) is 9.90 Å². The van der Waals surface area contributed by atoms with Crippen molar-refractivity contribution < 1.29 is 9.90 Å². The lowest BCUT2D eigenvalue weighted by atomic mass is 10.0. The summed E-state index contributed by atoms with van der Waals surface area (Å²) in [4.78, 5) is 26.1. The predicted molar refractivity (Wildman–Crippen MR) is 150 cm³/mol. The molecule has 0 atom stereocenters. The summed E-state index contributed by atoms with van der Waals surface area (Å²) in [6.45, 7) is 3.04. The molecule has 0 bridgehead atoms. The molecule has 4 N–H and O–H groups in total. The number of thiophene rings is 1. The molecule has 0 aliphatic rings. The van der Waals surface area contributed by atoms with E-state index >= 15 is 0 Å².